The molecule has 2 unspecified atom stereocenters. The molecule has 190 valence electrons. The van der Waals surface area contributed by atoms with Gasteiger partial charge in [-0.1, -0.05) is 12.6 Å². The van der Waals surface area contributed by atoms with Gasteiger partial charge in [0.25, 0.3) is 5.91 Å². The third kappa shape index (κ3) is 4.73. The van der Waals surface area contributed by atoms with Crippen molar-refractivity contribution < 1.29 is 18.7 Å². The molecule has 0 aliphatic carbocycles. The molecule has 9 nitrogen and oxygen atoms in total. The zero-order valence-electron chi connectivity index (χ0n) is 20.3. The van der Waals surface area contributed by atoms with E-state index >= 15 is 4.39 Å². The number of halogens is 1. The van der Waals surface area contributed by atoms with Gasteiger partial charge in [-0.05, 0) is 44.0 Å². The Hall–Kier alpha value is -3.66. The average Bonchev–Trinajstić information content (AvgIpc) is 3.30. The molecule has 5 rings (SSSR count). The van der Waals surface area contributed by atoms with Gasteiger partial charge in [0.1, 0.15) is 5.82 Å². The third-order valence-corrected chi connectivity index (χ3v) is 7.05. The zero-order valence-corrected chi connectivity index (χ0v) is 20.3. The lowest BCUT2D eigenvalue weighted by Crippen LogP contribution is -2.49. The summed E-state index contributed by atoms with van der Waals surface area (Å²) < 4.78 is 20.9. The van der Waals surface area contributed by atoms with Crippen LogP contribution in [0, 0.1) is 5.82 Å². The van der Waals surface area contributed by atoms with E-state index in [9.17, 15) is 9.59 Å². The van der Waals surface area contributed by atoms with Crippen molar-refractivity contribution >= 4 is 34.8 Å². The zero-order chi connectivity index (χ0) is 25.2. The molecule has 0 radical (unpaired) electrons. The third-order valence-electron chi connectivity index (χ3n) is 7.05. The van der Waals surface area contributed by atoms with Crippen LogP contribution in [0.2, 0.25) is 0 Å². The van der Waals surface area contributed by atoms with Gasteiger partial charge in [0.2, 0.25) is 5.91 Å². The molecule has 10 heteroatoms. The molecular weight excluding hydrogens is 463 g/mol. The van der Waals surface area contributed by atoms with Crippen molar-refractivity contribution in [2.45, 2.75) is 38.4 Å². The number of hydrogen-bond donors (Lipinski definition) is 3. The normalized spacial score (nSPS) is 21.6. The van der Waals surface area contributed by atoms with Crippen molar-refractivity contribution in [3.63, 3.8) is 0 Å². The number of fused-ring (bicyclic) bond motifs is 1. The first-order valence-corrected chi connectivity index (χ1v) is 12.3. The molecule has 3 N–H and O–H groups in total. The molecule has 1 aromatic carbocycles. The first-order valence-electron chi connectivity index (χ1n) is 12.3. The second kappa shape index (κ2) is 10.1. The summed E-state index contributed by atoms with van der Waals surface area (Å²) in [6, 6.07) is 7.76. The smallest absolute Gasteiger partial charge is 0.255 e. The van der Waals surface area contributed by atoms with E-state index in [1.807, 2.05) is 31.2 Å². The van der Waals surface area contributed by atoms with Gasteiger partial charge in [-0.15, -0.1) is 0 Å². The van der Waals surface area contributed by atoms with Gasteiger partial charge in [-0.3, -0.25) is 9.59 Å². The molecule has 2 saturated heterocycles. The molecule has 3 aliphatic heterocycles. The minimum Gasteiger partial charge on any atom is -0.378 e. The van der Waals surface area contributed by atoms with E-state index < -0.39 is 5.82 Å². The Labute approximate surface area is 209 Å². The Morgan fingerprint density at radius 2 is 2.08 bits per heavy atom. The predicted octanol–water partition coefficient (Wildman–Crippen LogP) is 3.02. The number of benzene rings is 1. The van der Waals surface area contributed by atoms with Crippen LogP contribution in [0.4, 0.5) is 27.4 Å². The minimum absolute atomic E-state index is 0.0719. The number of pyridine rings is 1. The number of nitrogens with one attached hydrogen (secondary N) is 3. The number of piperidine rings is 1. The SMILES string of the molecule is C=CC(=O)N1CC(Nc2nc(Nc3cccc(N4CCOCC4)c3)c3c(c2F)CNC3=O)CCC1C. The fourth-order valence-corrected chi connectivity index (χ4v) is 5.05. The van der Waals surface area contributed by atoms with Crippen LogP contribution >= 0.6 is 0 Å². The summed E-state index contributed by atoms with van der Waals surface area (Å²) >= 11 is 0. The van der Waals surface area contributed by atoms with E-state index in [1.54, 1.807) is 4.90 Å². The number of amides is 2. The number of likely N-dealkylation sites (tertiary alicyclic amines) is 1. The van der Waals surface area contributed by atoms with Crippen molar-refractivity contribution in [1.29, 1.82) is 0 Å². The summed E-state index contributed by atoms with van der Waals surface area (Å²) in [5.41, 5.74) is 2.29. The minimum atomic E-state index is -0.545. The van der Waals surface area contributed by atoms with E-state index in [2.05, 4.69) is 32.4 Å². The maximum absolute atomic E-state index is 15.5. The van der Waals surface area contributed by atoms with E-state index in [1.165, 1.54) is 6.08 Å². The van der Waals surface area contributed by atoms with Crippen LogP contribution in [0.3, 0.4) is 0 Å². The quantitative estimate of drug-likeness (QED) is 0.531. The van der Waals surface area contributed by atoms with Gasteiger partial charge < -0.3 is 30.5 Å². The van der Waals surface area contributed by atoms with Crippen LogP contribution < -0.4 is 20.9 Å². The molecule has 2 aromatic rings. The number of rotatable bonds is 6. The fourth-order valence-electron chi connectivity index (χ4n) is 5.05. The second-order valence-electron chi connectivity index (χ2n) is 9.40. The first kappa shape index (κ1) is 24.1. The summed E-state index contributed by atoms with van der Waals surface area (Å²) in [6.07, 6.45) is 2.85. The maximum Gasteiger partial charge on any atom is 0.255 e. The van der Waals surface area contributed by atoms with Crippen LogP contribution in [0.25, 0.3) is 0 Å². The summed E-state index contributed by atoms with van der Waals surface area (Å²) in [5, 5.41) is 9.15. The van der Waals surface area contributed by atoms with E-state index in [-0.39, 0.29) is 47.4 Å². The Morgan fingerprint density at radius 3 is 2.86 bits per heavy atom. The molecule has 2 atom stereocenters. The van der Waals surface area contributed by atoms with Gasteiger partial charge in [-0.2, -0.15) is 0 Å². The average molecular weight is 495 g/mol. The molecule has 0 bridgehead atoms. The number of morpholine rings is 1. The summed E-state index contributed by atoms with van der Waals surface area (Å²) in [6.45, 7) is 9.06. The van der Waals surface area contributed by atoms with Crippen LogP contribution in [0.1, 0.15) is 35.7 Å². The van der Waals surface area contributed by atoms with Crippen LogP contribution in [0.15, 0.2) is 36.9 Å². The number of carbonyl (C=O) groups is 2. The van der Waals surface area contributed by atoms with Crippen LogP contribution in [-0.4, -0.2) is 66.6 Å². The Kier molecular flexibility index (Phi) is 6.77. The molecule has 36 heavy (non-hydrogen) atoms. The van der Waals surface area contributed by atoms with Crippen molar-refractivity contribution in [1.82, 2.24) is 15.2 Å². The molecular formula is C26H31FN6O3. The number of anilines is 4. The molecule has 3 aliphatic rings. The van der Waals surface area contributed by atoms with Gasteiger partial charge in [-0.25, -0.2) is 9.37 Å². The Morgan fingerprint density at radius 1 is 1.28 bits per heavy atom. The second-order valence-corrected chi connectivity index (χ2v) is 9.40. The first-order chi connectivity index (χ1) is 17.4. The van der Waals surface area contributed by atoms with Crippen molar-refractivity contribution in [2.75, 3.05) is 48.4 Å². The number of nitrogens with zero attached hydrogens (tertiary/aromatic N) is 3. The Bertz CT molecular complexity index is 1180. The maximum atomic E-state index is 15.5. The fraction of sp³-hybridized carbons (Fsp3) is 0.423. The van der Waals surface area contributed by atoms with E-state index in [0.717, 1.165) is 37.3 Å². The molecule has 2 fully saturated rings. The molecule has 1 aromatic heterocycles. The molecule has 4 heterocycles. The predicted molar refractivity (Wildman–Crippen MR) is 136 cm³/mol. The topological polar surface area (TPSA) is 98.8 Å². The summed E-state index contributed by atoms with van der Waals surface area (Å²) in [7, 11) is 0. The number of carbonyl (C=O) groups excluding carboxylic acids is 2. The van der Waals surface area contributed by atoms with Gasteiger partial charge in [0.05, 0.1) is 18.8 Å². The van der Waals surface area contributed by atoms with Crippen LogP contribution in [0.5, 0.6) is 0 Å². The molecule has 0 spiro atoms. The highest BCUT2D eigenvalue weighted by molar-refractivity contribution is 6.03. The lowest BCUT2D eigenvalue weighted by molar-refractivity contribution is -0.129. The van der Waals surface area contributed by atoms with Crippen molar-refractivity contribution in [3.05, 3.63) is 53.9 Å². The summed E-state index contributed by atoms with van der Waals surface area (Å²) in [4.78, 5) is 33.3. The van der Waals surface area contributed by atoms with Crippen molar-refractivity contribution in [3.8, 4) is 0 Å². The van der Waals surface area contributed by atoms with Gasteiger partial charge >= 0.3 is 0 Å². The van der Waals surface area contributed by atoms with E-state index in [0.29, 0.717) is 25.6 Å². The van der Waals surface area contributed by atoms with Crippen molar-refractivity contribution in [2.24, 2.45) is 0 Å². The monoisotopic (exact) mass is 494 g/mol. The molecule has 0 saturated carbocycles. The lowest BCUT2D eigenvalue weighted by atomic mass is 9.99. The largest absolute Gasteiger partial charge is 0.378 e. The lowest BCUT2D eigenvalue weighted by Gasteiger charge is -2.38. The number of hydrogen-bond acceptors (Lipinski definition) is 7. The number of ether oxygens (including phenoxy) is 1. The molecule has 2 amide bonds. The highest BCUT2D eigenvalue weighted by Crippen LogP contribution is 2.33. The summed E-state index contributed by atoms with van der Waals surface area (Å²) in [5.74, 6) is -0.678. The standard InChI is InChI=1S/C26H31FN6O3/c1-3-21(34)33-15-18(8-7-16(33)2)30-25-23(27)20-14-28-26(35)22(20)24(31-25)29-17-5-4-6-19(13-17)32-9-11-36-12-10-32/h3-6,13,16,18H,1,7-12,14-15H2,2H3,(H,28,35)(H2,29,30,31). The Balaban J connectivity index is 1.42. The van der Waals surface area contributed by atoms with Gasteiger partial charge in [0.15, 0.2) is 11.6 Å². The van der Waals surface area contributed by atoms with Gasteiger partial charge in [0, 0.05) is 55.2 Å². The number of aromatic nitrogens is 1. The highest BCUT2D eigenvalue weighted by Gasteiger charge is 2.32. The highest BCUT2D eigenvalue weighted by atomic mass is 19.1. The van der Waals surface area contributed by atoms with Crippen LogP contribution in [-0.2, 0) is 16.1 Å². The van der Waals surface area contributed by atoms with E-state index in [4.69, 9.17) is 4.74 Å².